The van der Waals surface area contributed by atoms with E-state index in [0.717, 1.165) is 41.1 Å². The first kappa shape index (κ1) is 18.2. The van der Waals surface area contributed by atoms with E-state index < -0.39 is 0 Å². The van der Waals surface area contributed by atoms with Crippen LogP contribution in [0.4, 0.5) is 0 Å². The van der Waals surface area contributed by atoms with Crippen molar-refractivity contribution in [1.82, 2.24) is 19.7 Å². The van der Waals surface area contributed by atoms with Crippen LogP contribution in [-0.2, 0) is 6.54 Å². The molecule has 0 aliphatic heterocycles. The van der Waals surface area contributed by atoms with Crippen LogP contribution in [0.1, 0.15) is 53.5 Å². The van der Waals surface area contributed by atoms with Gasteiger partial charge in [-0.15, -0.1) is 11.3 Å². The maximum Gasteiger partial charge on any atom is 0.254 e. The highest BCUT2D eigenvalue weighted by Gasteiger charge is 2.27. The van der Waals surface area contributed by atoms with E-state index in [0.29, 0.717) is 12.6 Å². The number of hydrogen-bond donors (Lipinski definition) is 0. The average molecular weight is 383 g/mol. The fraction of sp³-hybridized carbons (Fsp3) is 0.476. The molecule has 6 heteroatoms. The van der Waals surface area contributed by atoms with Gasteiger partial charge in [-0.05, 0) is 56.0 Å². The molecule has 5 nitrogen and oxygen atoms in total. The Morgan fingerprint density at radius 1 is 1.33 bits per heavy atom. The van der Waals surface area contributed by atoms with Gasteiger partial charge in [0.25, 0.3) is 5.91 Å². The standard InChI is InChI=1S/C21H26N4OS/c1-14-6-8-16(9-7-14)24(3)21(26)18-11-15(2)23-20-19(18)12-22-25(20)13-17-5-4-10-27-17/h4-5,10-12,14,16H,6-9,13H2,1-3H3. The number of rotatable bonds is 4. The monoisotopic (exact) mass is 382 g/mol. The second kappa shape index (κ2) is 7.43. The smallest absolute Gasteiger partial charge is 0.254 e. The maximum absolute atomic E-state index is 13.3. The molecule has 1 amide bonds. The molecule has 1 aliphatic carbocycles. The quantitative estimate of drug-likeness (QED) is 0.667. The number of hydrogen-bond acceptors (Lipinski definition) is 4. The minimum absolute atomic E-state index is 0.0840. The molecule has 0 saturated heterocycles. The van der Waals surface area contributed by atoms with Crippen LogP contribution in [0.3, 0.4) is 0 Å². The Labute approximate surface area is 164 Å². The molecule has 1 saturated carbocycles. The predicted molar refractivity (Wildman–Crippen MR) is 109 cm³/mol. The highest BCUT2D eigenvalue weighted by atomic mass is 32.1. The van der Waals surface area contributed by atoms with Crippen molar-refractivity contribution in [2.75, 3.05) is 7.05 Å². The van der Waals surface area contributed by atoms with E-state index in [1.807, 2.05) is 35.7 Å². The normalized spacial score (nSPS) is 20.1. The number of fused-ring (bicyclic) bond motifs is 1. The van der Waals surface area contributed by atoms with Crippen molar-refractivity contribution in [1.29, 1.82) is 0 Å². The van der Waals surface area contributed by atoms with E-state index in [1.54, 1.807) is 17.5 Å². The Morgan fingerprint density at radius 3 is 2.81 bits per heavy atom. The summed E-state index contributed by atoms with van der Waals surface area (Å²) in [7, 11) is 1.95. The number of nitrogens with zero attached hydrogens (tertiary/aromatic N) is 4. The Hall–Kier alpha value is -2.21. The molecule has 0 atom stereocenters. The summed E-state index contributed by atoms with van der Waals surface area (Å²) in [6.45, 7) is 4.93. The van der Waals surface area contributed by atoms with E-state index in [4.69, 9.17) is 0 Å². The van der Waals surface area contributed by atoms with Gasteiger partial charge >= 0.3 is 0 Å². The van der Waals surface area contributed by atoms with E-state index in [1.165, 1.54) is 17.7 Å². The molecule has 4 rings (SSSR count). The molecule has 0 bridgehead atoms. The summed E-state index contributed by atoms with van der Waals surface area (Å²) in [5, 5.41) is 7.44. The van der Waals surface area contributed by atoms with Crippen LogP contribution in [0.25, 0.3) is 11.0 Å². The Bertz CT molecular complexity index is 939. The molecule has 0 unspecified atom stereocenters. The summed E-state index contributed by atoms with van der Waals surface area (Å²) in [6, 6.07) is 6.37. The van der Waals surface area contributed by atoms with Gasteiger partial charge in [-0.3, -0.25) is 4.79 Å². The molecule has 142 valence electrons. The van der Waals surface area contributed by atoms with Gasteiger partial charge in [0.1, 0.15) is 0 Å². The molecule has 1 fully saturated rings. The lowest BCUT2D eigenvalue weighted by molar-refractivity contribution is 0.0681. The molecular weight excluding hydrogens is 356 g/mol. The van der Waals surface area contributed by atoms with Crippen molar-refractivity contribution in [2.24, 2.45) is 5.92 Å². The summed E-state index contributed by atoms with van der Waals surface area (Å²) in [5.41, 5.74) is 2.36. The van der Waals surface area contributed by atoms with Crippen molar-refractivity contribution in [2.45, 2.75) is 52.1 Å². The third kappa shape index (κ3) is 3.63. The number of amides is 1. The first-order valence-electron chi connectivity index (χ1n) is 9.65. The lowest BCUT2D eigenvalue weighted by Crippen LogP contribution is -2.39. The summed E-state index contributed by atoms with van der Waals surface area (Å²) < 4.78 is 1.90. The second-order valence-corrected chi connectivity index (χ2v) is 8.79. The van der Waals surface area contributed by atoms with Gasteiger partial charge in [-0.25, -0.2) is 9.67 Å². The third-order valence-electron chi connectivity index (χ3n) is 5.71. The van der Waals surface area contributed by atoms with Gasteiger partial charge in [0.15, 0.2) is 5.65 Å². The lowest BCUT2D eigenvalue weighted by Gasteiger charge is -2.33. The average Bonchev–Trinajstić information content (AvgIpc) is 3.31. The van der Waals surface area contributed by atoms with Crippen molar-refractivity contribution >= 4 is 28.3 Å². The number of carbonyl (C=O) groups excluding carboxylic acids is 1. The van der Waals surface area contributed by atoms with Crippen molar-refractivity contribution in [3.05, 3.63) is 45.9 Å². The third-order valence-corrected chi connectivity index (χ3v) is 6.57. The molecule has 3 heterocycles. The van der Waals surface area contributed by atoms with Crippen molar-refractivity contribution in [3.8, 4) is 0 Å². The van der Waals surface area contributed by atoms with Gasteiger partial charge in [0.2, 0.25) is 0 Å². The summed E-state index contributed by atoms with van der Waals surface area (Å²) >= 11 is 1.70. The van der Waals surface area contributed by atoms with E-state index in [9.17, 15) is 4.79 Å². The zero-order chi connectivity index (χ0) is 19.0. The number of aryl methyl sites for hydroxylation is 1. The van der Waals surface area contributed by atoms with Crippen LogP contribution in [-0.4, -0.2) is 38.7 Å². The molecular formula is C21H26N4OS. The fourth-order valence-corrected chi connectivity index (χ4v) is 4.69. The zero-order valence-corrected chi connectivity index (χ0v) is 17.0. The van der Waals surface area contributed by atoms with Crippen molar-refractivity contribution in [3.63, 3.8) is 0 Å². The highest BCUT2D eigenvalue weighted by molar-refractivity contribution is 7.09. The largest absolute Gasteiger partial charge is 0.339 e. The highest BCUT2D eigenvalue weighted by Crippen LogP contribution is 2.28. The van der Waals surface area contributed by atoms with E-state index >= 15 is 0 Å². The van der Waals surface area contributed by atoms with Crippen LogP contribution in [0.5, 0.6) is 0 Å². The molecule has 0 radical (unpaired) electrons. The molecule has 3 aromatic rings. The predicted octanol–water partition coefficient (Wildman–Crippen LogP) is 4.50. The minimum Gasteiger partial charge on any atom is -0.339 e. The zero-order valence-electron chi connectivity index (χ0n) is 16.2. The number of pyridine rings is 1. The van der Waals surface area contributed by atoms with E-state index in [2.05, 4.69) is 28.5 Å². The minimum atomic E-state index is 0.0840. The SMILES string of the molecule is Cc1cc(C(=O)N(C)C2CCC(C)CC2)c2cnn(Cc3cccs3)c2n1. The topological polar surface area (TPSA) is 51.0 Å². The van der Waals surface area contributed by atoms with Gasteiger partial charge in [0, 0.05) is 23.7 Å². The van der Waals surface area contributed by atoms with Crippen LogP contribution in [0.15, 0.2) is 29.8 Å². The first-order chi connectivity index (χ1) is 13.0. The molecule has 0 aromatic carbocycles. The lowest BCUT2D eigenvalue weighted by atomic mass is 9.86. The van der Waals surface area contributed by atoms with Crippen molar-refractivity contribution < 1.29 is 4.79 Å². The molecule has 0 N–H and O–H groups in total. The fourth-order valence-electron chi connectivity index (χ4n) is 4.00. The number of aromatic nitrogens is 3. The number of carbonyl (C=O) groups is 1. The summed E-state index contributed by atoms with van der Waals surface area (Å²) in [6.07, 6.45) is 6.37. The Morgan fingerprint density at radius 2 is 2.11 bits per heavy atom. The number of thiophene rings is 1. The van der Waals surface area contributed by atoms with Gasteiger partial charge in [-0.2, -0.15) is 5.10 Å². The van der Waals surface area contributed by atoms with Crippen LogP contribution >= 0.6 is 11.3 Å². The van der Waals surface area contributed by atoms with E-state index in [-0.39, 0.29) is 5.91 Å². The maximum atomic E-state index is 13.3. The first-order valence-corrected chi connectivity index (χ1v) is 10.5. The molecule has 3 aromatic heterocycles. The van der Waals surface area contributed by atoms with Gasteiger partial charge in [0.05, 0.1) is 23.7 Å². The molecule has 27 heavy (non-hydrogen) atoms. The summed E-state index contributed by atoms with van der Waals surface area (Å²) in [4.78, 5) is 21.1. The second-order valence-electron chi connectivity index (χ2n) is 7.76. The van der Waals surface area contributed by atoms with Crippen LogP contribution < -0.4 is 0 Å². The van der Waals surface area contributed by atoms with Gasteiger partial charge in [-0.1, -0.05) is 13.0 Å². The van der Waals surface area contributed by atoms with Crippen LogP contribution in [0, 0.1) is 12.8 Å². The van der Waals surface area contributed by atoms with Gasteiger partial charge < -0.3 is 4.90 Å². The molecule has 1 aliphatic rings. The Kier molecular flexibility index (Phi) is 5.00. The summed E-state index contributed by atoms with van der Waals surface area (Å²) in [5.74, 6) is 0.857. The Balaban J connectivity index is 1.65. The van der Waals surface area contributed by atoms with Crippen LogP contribution in [0.2, 0.25) is 0 Å². The molecule has 0 spiro atoms.